The standard InChI is InChI=1S/C18H34N4O2/c1-13-6-8-21(9-7-13)15(3)10-20-18(19-4)22-11-14(2)16(12-22)17(23)24-5/h13-16H,6-12H2,1-5H3,(H,19,20). The second-order valence-corrected chi connectivity index (χ2v) is 7.51. The minimum atomic E-state index is -0.115. The van der Waals surface area contributed by atoms with E-state index in [1.807, 2.05) is 7.05 Å². The van der Waals surface area contributed by atoms with Crippen molar-refractivity contribution in [3.05, 3.63) is 0 Å². The molecular weight excluding hydrogens is 304 g/mol. The van der Waals surface area contributed by atoms with E-state index in [-0.39, 0.29) is 17.8 Å². The van der Waals surface area contributed by atoms with Gasteiger partial charge in [0.25, 0.3) is 0 Å². The quantitative estimate of drug-likeness (QED) is 0.477. The van der Waals surface area contributed by atoms with Crippen LogP contribution >= 0.6 is 0 Å². The van der Waals surface area contributed by atoms with Gasteiger partial charge in [0.1, 0.15) is 0 Å². The molecule has 0 aromatic carbocycles. The smallest absolute Gasteiger partial charge is 0.310 e. The molecule has 138 valence electrons. The van der Waals surface area contributed by atoms with Crippen LogP contribution in [0.3, 0.4) is 0 Å². The van der Waals surface area contributed by atoms with Crippen molar-refractivity contribution in [3.63, 3.8) is 0 Å². The van der Waals surface area contributed by atoms with Gasteiger partial charge in [0, 0.05) is 32.7 Å². The Morgan fingerprint density at radius 3 is 2.54 bits per heavy atom. The molecule has 0 aliphatic carbocycles. The average molecular weight is 338 g/mol. The molecular formula is C18H34N4O2. The van der Waals surface area contributed by atoms with Gasteiger partial charge in [-0.1, -0.05) is 13.8 Å². The maximum absolute atomic E-state index is 11.9. The number of piperidine rings is 1. The van der Waals surface area contributed by atoms with Crippen LogP contribution in [0.4, 0.5) is 0 Å². The van der Waals surface area contributed by atoms with Crippen molar-refractivity contribution >= 4 is 11.9 Å². The Balaban J connectivity index is 1.83. The molecule has 3 unspecified atom stereocenters. The van der Waals surface area contributed by atoms with Crippen molar-refractivity contribution < 1.29 is 9.53 Å². The lowest BCUT2D eigenvalue weighted by Crippen LogP contribution is -2.48. The molecule has 2 rings (SSSR count). The maximum Gasteiger partial charge on any atom is 0.310 e. The highest BCUT2D eigenvalue weighted by Gasteiger charge is 2.37. The van der Waals surface area contributed by atoms with Gasteiger partial charge in [-0.25, -0.2) is 0 Å². The predicted molar refractivity (Wildman–Crippen MR) is 97.0 cm³/mol. The van der Waals surface area contributed by atoms with E-state index in [9.17, 15) is 4.79 Å². The number of carbonyl (C=O) groups excluding carboxylic acids is 1. The molecule has 2 fully saturated rings. The van der Waals surface area contributed by atoms with Crippen LogP contribution in [-0.4, -0.2) is 74.7 Å². The number of carbonyl (C=O) groups is 1. The van der Waals surface area contributed by atoms with Crippen LogP contribution in [0.2, 0.25) is 0 Å². The van der Waals surface area contributed by atoms with Crippen LogP contribution in [0.1, 0.15) is 33.6 Å². The molecule has 3 atom stereocenters. The number of nitrogens with zero attached hydrogens (tertiary/aromatic N) is 3. The number of methoxy groups -OCH3 is 1. The normalized spacial score (nSPS) is 28.0. The minimum Gasteiger partial charge on any atom is -0.469 e. The minimum absolute atomic E-state index is 0.0606. The van der Waals surface area contributed by atoms with E-state index in [4.69, 9.17) is 4.74 Å². The number of rotatable bonds is 4. The largest absolute Gasteiger partial charge is 0.469 e. The molecule has 1 N–H and O–H groups in total. The van der Waals surface area contributed by atoms with E-state index >= 15 is 0 Å². The SMILES string of the molecule is CN=C(NCC(C)N1CCC(C)CC1)N1CC(C)C(C(=O)OC)C1. The summed E-state index contributed by atoms with van der Waals surface area (Å²) in [6.45, 7) is 11.5. The number of guanidine groups is 1. The van der Waals surface area contributed by atoms with E-state index < -0.39 is 0 Å². The van der Waals surface area contributed by atoms with Gasteiger partial charge in [-0.3, -0.25) is 14.7 Å². The maximum atomic E-state index is 11.9. The molecule has 2 saturated heterocycles. The van der Waals surface area contributed by atoms with Crippen LogP contribution < -0.4 is 5.32 Å². The lowest BCUT2D eigenvalue weighted by atomic mass is 9.98. The van der Waals surface area contributed by atoms with Crippen molar-refractivity contribution in [2.24, 2.45) is 22.7 Å². The molecule has 2 heterocycles. The highest BCUT2D eigenvalue weighted by molar-refractivity contribution is 5.82. The van der Waals surface area contributed by atoms with Crippen LogP contribution in [0, 0.1) is 17.8 Å². The number of hydrogen-bond donors (Lipinski definition) is 1. The Morgan fingerprint density at radius 1 is 1.29 bits per heavy atom. The zero-order valence-electron chi connectivity index (χ0n) is 15.9. The van der Waals surface area contributed by atoms with E-state index in [1.165, 1.54) is 33.0 Å². The van der Waals surface area contributed by atoms with Gasteiger partial charge in [0.15, 0.2) is 5.96 Å². The molecule has 0 aromatic heterocycles. The van der Waals surface area contributed by atoms with E-state index in [0.717, 1.165) is 25.0 Å². The summed E-state index contributed by atoms with van der Waals surface area (Å²) in [4.78, 5) is 21.0. The zero-order valence-corrected chi connectivity index (χ0v) is 15.9. The Labute approximate surface area is 146 Å². The molecule has 0 spiro atoms. The molecule has 2 aliphatic heterocycles. The van der Waals surface area contributed by atoms with Gasteiger partial charge in [-0.05, 0) is 44.7 Å². The number of nitrogens with one attached hydrogen (secondary N) is 1. The highest BCUT2D eigenvalue weighted by atomic mass is 16.5. The molecule has 6 heteroatoms. The summed E-state index contributed by atoms with van der Waals surface area (Å²) < 4.78 is 4.92. The first-order valence-electron chi connectivity index (χ1n) is 9.23. The number of esters is 1. The molecule has 0 amide bonds. The first kappa shape index (κ1) is 19.0. The fourth-order valence-corrected chi connectivity index (χ4v) is 3.77. The summed E-state index contributed by atoms with van der Waals surface area (Å²) >= 11 is 0. The van der Waals surface area contributed by atoms with Gasteiger partial charge in [0.05, 0.1) is 13.0 Å². The van der Waals surface area contributed by atoms with E-state index in [1.54, 1.807) is 0 Å². The Hall–Kier alpha value is -1.30. The first-order chi connectivity index (χ1) is 11.5. The Bertz CT molecular complexity index is 446. The second-order valence-electron chi connectivity index (χ2n) is 7.51. The average Bonchev–Trinajstić information content (AvgIpc) is 2.96. The van der Waals surface area contributed by atoms with Gasteiger partial charge < -0.3 is 15.0 Å². The fraction of sp³-hybridized carbons (Fsp3) is 0.889. The third-order valence-electron chi connectivity index (χ3n) is 5.62. The Morgan fingerprint density at radius 2 is 1.96 bits per heavy atom. The van der Waals surface area contributed by atoms with Crippen molar-refractivity contribution in [1.82, 2.24) is 15.1 Å². The second kappa shape index (κ2) is 8.70. The molecule has 0 bridgehead atoms. The van der Waals surface area contributed by atoms with Gasteiger partial charge in [-0.2, -0.15) is 0 Å². The monoisotopic (exact) mass is 338 g/mol. The number of ether oxygens (including phenoxy) is 1. The summed E-state index contributed by atoms with van der Waals surface area (Å²) in [6, 6.07) is 0.491. The zero-order chi connectivity index (χ0) is 17.7. The third-order valence-corrected chi connectivity index (χ3v) is 5.62. The molecule has 2 aliphatic rings. The topological polar surface area (TPSA) is 57.2 Å². The number of likely N-dealkylation sites (tertiary alicyclic amines) is 2. The molecule has 6 nitrogen and oxygen atoms in total. The first-order valence-corrected chi connectivity index (χ1v) is 9.23. The summed E-state index contributed by atoms with van der Waals surface area (Å²) in [5.74, 6) is 1.86. The lowest BCUT2D eigenvalue weighted by Gasteiger charge is -2.35. The predicted octanol–water partition coefficient (Wildman–Crippen LogP) is 1.42. The molecule has 0 aromatic rings. The van der Waals surface area contributed by atoms with Crippen molar-refractivity contribution in [3.8, 4) is 0 Å². The van der Waals surface area contributed by atoms with E-state index in [2.05, 4.69) is 40.9 Å². The van der Waals surface area contributed by atoms with Crippen LogP contribution in [0.15, 0.2) is 4.99 Å². The summed E-state index contributed by atoms with van der Waals surface area (Å²) in [5.41, 5.74) is 0. The summed E-state index contributed by atoms with van der Waals surface area (Å²) in [7, 11) is 3.28. The highest BCUT2D eigenvalue weighted by Crippen LogP contribution is 2.24. The van der Waals surface area contributed by atoms with Crippen molar-refractivity contribution in [2.75, 3.05) is 46.9 Å². The number of hydrogen-bond acceptors (Lipinski definition) is 4. The molecule has 0 saturated carbocycles. The third kappa shape index (κ3) is 4.62. The Kier molecular flexibility index (Phi) is 6.90. The fourth-order valence-electron chi connectivity index (χ4n) is 3.77. The molecule has 24 heavy (non-hydrogen) atoms. The number of aliphatic imine (C=N–C) groups is 1. The molecule has 0 radical (unpaired) electrons. The van der Waals surface area contributed by atoms with Crippen LogP contribution in [0.5, 0.6) is 0 Å². The van der Waals surface area contributed by atoms with E-state index in [0.29, 0.717) is 12.6 Å². The van der Waals surface area contributed by atoms with Crippen LogP contribution in [0.25, 0.3) is 0 Å². The van der Waals surface area contributed by atoms with Gasteiger partial charge in [0.2, 0.25) is 0 Å². The summed E-state index contributed by atoms with van der Waals surface area (Å²) in [6.07, 6.45) is 2.59. The van der Waals surface area contributed by atoms with Gasteiger partial charge >= 0.3 is 5.97 Å². The van der Waals surface area contributed by atoms with Crippen molar-refractivity contribution in [1.29, 1.82) is 0 Å². The summed E-state index contributed by atoms with van der Waals surface area (Å²) in [5, 5.41) is 3.50. The van der Waals surface area contributed by atoms with Gasteiger partial charge in [-0.15, -0.1) is 0 Å². The van der Waals surface area contributed by atoms with Crippen molar-refractivity contribution in [2.45, 2.75) is 39.7 Å². The lowest BCUT2D eigenvalue weighted by molar-refractivity contribution is -0.145. The van der Waals surface area contributed by atoms with Crippen LogP contribution in [-0.2, 0) is 9.53 Å².